The van der Waals surface area contributed by atoms with Crippen molar-refractivity contribution >= 4 is 17.5 Å². The summed E-state index contributed by atoms with van der Waals surface area (Å²) in [7, 11) is 1.18. The maximum Gasteiger partial charge on any atom is 0.387 e. The molecule has 1 aliphatic carbocycles. The molecule has 1 saturated heterocycles. The number of nitro groups is 1. The minimum atomic E-state index is -3.20. The number of alkyl halides is 2. The first-order valence-corrected chi connectivity index (χ1v) is 9.40. The Morgan fingerprint density at radius 2 is 1.90 bits per heavy atom. The summed E-state index contributed by atoms with van der Waals surface area (Å²) in [5, 5.41) is 14.3. The number of halogens is 2. The number of rotatable bonds is 8. The van der Waals surface area contributed by atoms with Crippen LogP contribution in [-0.4, -0.2) is 79.0 Å². The van der Waals surface area contributed by atoms with Crippen LogP contribution >= 0.6 is 0 Å². The summed E-state index contributed by atoms with van der Waals surface area (Å²) in [6.07, 6.45) is 1.99. The average molecular weight is 428 g/mol. The summed E-state index contributed by atoms with van der Waals surface area (Å²) >= 11 is 0. The zero-order valence-electron chi connectivity index (χ0n) is 16.3. The largest absolute Gasteiger partial charge is 0.493 e. The molecule has 1 aromatic carbocycles. The number of ether oxygens (including phenoxy) is 2. The molecule has 3 rings (SSSR count). The van der Waals surface area contributed by atoms with Gasteiger partial charge in [-0.25, -0.2) is 0 Å². The Labute approximate surface area is 170 Å². The third-order valence-electron chi connectivity index (χ3n) is 4.89. The summed E-state index contributed by atoms with van der Waals surface area (Å²) in [5.41, 5.74) is -0.930. The van der Waals surface area contributed by atoms with E-state index in [2.05, 4.69) is 10.1 Å². The SMILES string of the molecule is COc1cc(C(=O)N2CCN(CC(=O)NC3CC3)CC2)c([N+](=O)[O-])cc1OC(F)F. The number of methoxy groups -OCH3 is 1. The summed E-state index contributed by atoms with van der Waals surface area (Å²) in [6, 6.07) is 2.07. The van der Waals surface area contributed by atoms with Crippen LogP contribution in [0.25, 0.3) is 0 Å². The van der Waals surface area contributed by atoms with E-state index in [0.29, 0.717) is 13.1 Å². The smallest absolute Gasteiger partial charge is 0.387 e. The molecule has 0 atom stereocenters. The van der Waals surface area contributed by atoms with Gasteiger partial charge in [0.15, 0.2) is 11.5 Å². The molecule has 30 heavy (non-hydrogen) atoms. The fourth-order valence-corrected chi connectivity index (χ4v) is 3.20. The van der Waals surface area contributed by atoms with Crippen LogP contribution in [0.5, 0.6) is 11.5 Å². The first-order valence-electron chi connectivity index (χ1n) is 9.40. The second-order valence-corrected chi connectivity index (χ2v) is 7.07. The minimum Gasteiger partial charge on any atom is -0.493 e. The molecule has 1 saturated carbocycles. The molecular weight excluding hydrogens is 406 g/mol. The van der Waals surface area contributed by atoms with Crippen molar-refractivity contribution in [2.45, 2.75) is 25.5 Å². The molecular formula is C18H22F2N4O6. The number of nitrogens with one attached hydrogen (secondary N) is 1. The van der Waals surface area contributed by atoms with Crippen LogP contribution in [0.2, 0.25) is 0 Å². The van der Waals surface area contributed by atoms with Crippen molar-refractivity contribution in [1.29, 1.82) is 0 Å². The molecule has 12 heteroatoms. The van der Waals surface area contributed by atoms with E-state index >= 15 is 0 Å². The highest BCUT2D eigenvalue weighted by atomic mass is 19.3. The van der Waals surface area contributed by atoms with Crippen molar-refractivity contribution in [2.75, 3.05) is 39.8 Å². The van der Waals surface area contributed by atoms with E-state index in [0.717, 1.165) is 25.0 Å². The van der Waals surface area contributed by atoms with Crippen molar-refractivity contribution in [3.63, 3.8) is 0 Å². The van der Waals surface area contributed by atoms with Gasteiger partial charge in [0.2, 0.25) is 5.91 Å². The molecule has 1 aromatic rings. The molecule has 0 unspecified atom stereocenters. The van der Waals surface area contributed by atoms with Crippen LogP contribution in [0.4, 0.5) is 14.5 Å². The molecule has 1 aliphatic heterocycles. The molecule has 0 aromatic heterocycles. The molecule has 164 valence electrons. The van der Waals surface area contributed by atoms with E-state index in [4.69, 9.17) is 4.74 Å². The molecule has 0 bridgehead atoms. The Morgan fingerprint density at radius 1 is 1.23 bits per heavy atom. The van der Waals surface area contributed by atoms with E-state index in [-0.39, 0.29) is 42.9 Å². The van der Waals surface area contributed by atoms with Crippen molar-refractivity contribution in [3.05, 3.63) is 27.8 Å². The molecule has 0 spiro atoms. The van der Waals surface area contributed by atoms with Gasteiger partial charge in [0.1, 0.15) is 5.56 Å². The Bertz CT molecular complexity index is 825. The Hall–Kier alpha value is -3.02. The van der Waals surface area contributed by atoms with Crippen LogP contribution in [0.1, 0.15) is 23.2 Å². The van der Waals surface area contributed by atoms with Crippen molar-refractivity contribution in [3.8, 4) is 11.5 Å². The van der Waals surface area contributed by atoms with E-state index < -0.39 is 28.9 Å². The van der Waals surface area contributed by atoms with E-state index in [1.807, 2.05) is 4.90 Å². The second kappa shape index (κ2) is 9.20. The zero-order chi connectivity index (χ0) is 21.8. The summed E-state index contributed by atoms with van der Waals surface area (Å²) in [5.74, 6) is -1.42. The normalized spacial score (nSPS) is 17.0. The monoisotopic (exact) mass is 428 g/mol. The highest BCUT2D eigenvalue weighted by molar-refractivity contribution is 5.99. The second-order valence-electron chi connectivity index (χ2n) is 7.07. The van der Waals surface area contributed by atoms with E-state index in [9.17, 15) is 28.5 Å². The summed E-state index contributed by atoms with van der Waals surface area (Å²) < 4.78 is 34.3. The van der Waals surface area contributed by atoms with Gasteiger partial charge in [-0.05, 0) is 12.8 Å². The fraction of sp³-hybridized carbons (Fsp3) is 0.556. The van der Waals surface area contributed by atoms with Crippen molar-refractivity contribution in [1.82, 2.24) is 15.1 Å². The van der Waals surface area contributed by atoms with Gasteiger partial charge in [0, 0.05) is 38.3 Å². The first-order chi connectivity index (χ1) is 14.3. The number of hydrogen-bond acceptors (Lipinski definition) is 7. The van der Waals surface area contributed by atoms with Crippen LogP contribution in [0, 0.1) is 10.1 Å². The van der Waals surface area contributed by atoms with Crippen LogP contribution in [0.3, 0.4) is 0 Å². The zero-order valence-corrected chi connectivity index (χ0v) is 16.3. The minimum absolute atomic E-state index is 0.0627. The lowest BCUT2D eigenvalue weighted by molar-refractivity contribution is -0.385. The quantitative estimate of drug-likeness (QED) is 0.489. The molecule has 0 radical (unpaired) electrons. The lowest BCUT2D eigenvalue weighted by Crippen LogP contribution is -2.51. The number of carbonyl (C=O) groups excluding carboxylic acids is 2. The molecule has 1 heterocycles. The van der Waals surface area contributed by atoms with Crippen LogP contribution in [-0.2, 0) is 4.79 Å². The van der Waals surface area contributed by atoms with Gasteiger partial charge >= 0.3 is 6.61 Å². The topological polar surface area (TPSA) is 114 Å². The van der Waals surface area contributed by atoms with Gasteiger partial charge < -0.3 is 19.7 Å². The highest BCUT2D eigenvalue weighted by Crippen LogP contribution is 2.36. The maximum atomic E-state index is 12.9. The van der Waals surface area contributed by atoms with Gasteiger partial charge in [-0.15, -0.1) is 0 Å². The molecule has 2 fully saturated rings. The summed E-state index contributed by atoms with van der Waals surface area (Å²) in [6.45, 7) is -1.58. The van der Waals surface area contributed by atoms with Gasteiger partial charge in [-0.3, -0.25) is 24.6 Å². The third kappa shape index (κ3) is 5.32. The van der Waals surface area contributed by atoms with Crippen molar-refractivity contribution in [2.24, 2.45) is 0 Å². The lowest BCUT2D eigenvalue weighted by Gasteiger charge is -2.34. The Kier molecular flexibility index (Phi) is 6.65. The Balaban J connectivity index is 1.69. The molecule has 1 N–H and O–H groups in total. The Morgan fingerprint density at radius 3 is 2.43 bits per heavy atom. The molecule has 2 aliphatic rings. The van der Waals surface area contributed by atoms with E-state index in [1.165, 1.54) is 12.0 Å². The number of carbonyl (C=O) groups is 2. The van der Waals surface area contributed by atoms with Gasteiger partial charge in [-0.1, -0.05) is 0 Å². The standard InChI is InChI=1S/C18H22F2N4O6/c1-29-14-8-12(13(24(27)28)9-15(14)30-18(19)20)17(26)23-6-4-22(5-7-23)10-16(25)21-11-2-3-11/h8-9,11,18H,2-7,10H2,1H3,(H,21,25). The third-order valence-corrected chi connectivity index (χ3v) is 4.89. The average Bonchev–Trinajstić information content (AvgIpc) is 3.51. The number of hydrogen-bond donors (Lipinski definition) is 1. The summed E-state index contributed by atoms with van der Waals surface area (Å²) in [4.78, 5) is 38.7. The van der Waals surface area contributed by atoms with Crippen LogP contribution < -0.4 is 14.8 Å². The first kappa shape index (κ1) is 21.7. The maximum absolute atomic E-state index is 12.9. The van der Waals surface area contributed by atoms with E-state index in [1.54, 1.807) is 0 Å². The van der Waals surface area contributed by atoms with Crippen molar-refractivity contribution < 1.29 is 32.8 Å². The lowest BCUT2D eigenvalue weighted by atomic mass is 10.1. The predicted octanol–water partition coefficient (Wildman–Crippen LogP) is 1.24. The van der Waals surface area contributed by atoms with Crippen LogP contribution in [0.15, 0.2) is 12.1 Å². The number of piperazine rings is 1. The molecule has 10 nitrogen and oxygen atoms in total. The fourth-order valence-electron chi connectivity index (χ4n) is 3.20. The predicted molar refractivity (Wildman–Crippen MR) is 99.8 cm³/mol. The van der Waals surface area contributed by atoms with Gasteiger partial charge in [0.05, 0.1) is 24.6 Å². The van der Waals surface area contributed by atoms with Gasteiger partial charge in [0.25, 0.3) is 11.6 Å². The number of amides is 2. The molecule has 2 amide bonds. The highest BCUT2D eigenvalue weighted by Gasteiger charge is 2.31. The number of benzene rings is 1. The number of nitro benzene ring substituents is 1. The number of nitrogens with zero attached hydrogens (tertiary/aromatic N) is 3. The van der Waals surface area contributed by atoms with Gasteiger partial charge in [-0.2, -0.15) is 8.78 Å².